The number of hydrogen-bond acceptors (Lipinski definition) is 4. The maximum atomic E-state index is 14.0. The summed E-state index contributed by atoms with van der Waals surface area (Å²) in [5, 5.41) is 11.9. The first kappa shape index (κ1) is 15.1. The second kappa shape index (κ2) is 6.83. The molecule has 0 aliphatic carbocycles. The molecule has 0 bridgehead atoms. The minimum atomic E-state index is -3.94. The van der Waals surface area contributed by atoms with E-state index in [1.165, 1.54) is 6.20 Å². The third-order valence-corrected chi connectivity index (χ3v) is 4.32. The lowest BCUT2D eigenvalue weighted by Crippen LogP contribution is -2.33. The highest BCUT2D eigenvalue weighted by molar-refractivity contribution is 8.24. The Kier molecular flexibility index (Phi) is 5.72. The normalized spacial score (nSPS) is 22.2. The van der Waals surface area contributed by atoms with Crippen LogP contribution in [0.4, 0.5) is 7.77 Å². The minimum Gasteiger partial charge on any atom is -0.314 e. The molecule has 1 heterocycles. The fourth-order valence-electron chi connectivity index (χ4n) is 1.45. The van der Waals surface area contributed by atoms with Crippen molar-refractivity contribution in [2.75, 3.05) is 26.2 Å². The molecule has 1 atom stereocenters. The molecule has 1 unspecified atom stereocenters. The summed E-state index contributed by atoms with van der Waals surface area (Å²) in [6, 6.07) is 2.46. The number of hydroxylamine groups is 2. The van der Waals surface area contributed by atoms with Crippen molar-refractivity contribution < 1.29 is 13.0 Å². The standard InChI is InChI=1S/C11H19F2N3OS/c1-3-6-14-10-11-5-7-16(18(11,12)13)9-8-15(17)4-2/h4,11,14,17H,2-3,6,8-10H2,1H3. The van der Waals surface area contributed by atoms with Crippen LogP contribution in [0.5, 0.6) is 0 Å². The summed E-state index contributed by atoms with van der Waals surface area (Å²) in [7, 11) is -3.94. The van der Waals surface area contributed by atoms with Crippen LogP contribution in [0.25, 0.3) is 0 Å². The first-order valence-corrected chi connectivity index (χ1v) is 7.26. The second-order valence-corrected chi connectivity index (χ2v) is 5.85. The van der Waals surface area contributed by atoms with E-state index in [1.54, 1.807) is 0 Å². The third-order valence-electron chi connectivity index (χ3n) is 2.49. The van der Waals surface area contributed by atoms with E-state index in [0.29, 0.717) is 6.54 Å². The molecule has 0 fully saturated rings. The molecule has 0 aromatic rings. The van der Waals surface area contributed by atoms with Crippen LogP contribution in [0.3, 0.4) is 0 Å². The quantitative estimate of drug-likeness (QED) is 0.405. The van der Waals surface area contributed by atoms with Gasteiger partial charge in [0.25, 0.3) is 0 Å². The van der Waals surface area contributed by atoms with Crippen molar-refractivity contribution in [1.82, 2.24) is 14.7 Å². The number of halogens is 2. The van der Waals surface area contributed by atoms with Gasteiger partial charge in [-0.05, 0) is 13.0 Å². The molecular weight excluding hydrogens is 260 g/mol. The molecule has 0 saturated heterocycles. The predicted molar refractivity (Wildman–Crippen MR) is 69.9 cm³/mol. The fraction of sp³-hybridized carbons (Fsp3) is 0.636. The molecule has 104 valence electrons. The first-order valence-electron chi connectivity index (χ1n) is 5.81. The second-order valence-electron chi connectivity index (χ2n) is 3.88. The first-order chi connectivity index (χ1) is 8.52. The van der Waals surface area contributed by atoms with Gasteiger partial charge >= 0.3 is 0 Å². The molecule has 0 spiro atoms. The molecule has 1 aliphatic rings. The zero-order valence-corrected chi connectivity index (χ0v) is 11.2. The van der Waals surface area contributed by atoms with E-state index in [1.807, 2.05) is 6.92 Å². The average Bonchev–Trinajstić information content (AvgIpc) is 2.62. The highest BCUT2D eigenvalue weighted by atomic mass is 32.3. The van der Waals surface area contributed by atoms with Crippen molar-refractivity contribution in [1.29, 1.82) is 0 Å². The molecule has 1 aliphatic heterocycles. The van der Waals surface area contributed by atoms with Gasteiger partial charge < -0.3 is 5.32 Å². The van der Waals surface area contributed by atoms with Gasteiger partial charge in [-0.3, -0.25) is 10.3 Å². The van der Waals surface area contributed by atoms with E-state index in [0.717, 1.165) is 15.8 Å². The number of nitrogens with one attached hydrogen (secondary N) is 1. The Morgan fingerprint density at radius 3 is 2.94 bits per heavy atom. The van der Waals surface area contributed by atoms with Crippen LogP contribution < -0.4 is 5.32 Å². The van der Waals surface area contributed by atoms with Crippen molar-refractivity contribution in [3.63, 3.8) is 0 Å². The van der Waals surface area contributed by atoms with Crippen molar-refractivity contribution in [3.8, 4) is 12.0 Å². The zero-order chi connectivity index (χ0) is 13.6. The van der Waals surface area contributed by atoms with Gasteiger partial charge in [0.15, 0.2) is 11.0 Å². The van der Waals surface area contributed by atoms with Gasteiger partial charge in [0, 0.05) is 18.8 Å². The molecule has 0 aromatic carbocycles. The van der Waals surface area contributed by atoms with Crippen LogP contribution in [0.15, 0.2) is 12.8 Å². The monoisotopic (exact) mass is 279 g/mol. The van der Waals surface area contributed by atoms with Gasteiger partial charge in [0.2, 0.25) is 0 Å². The van der Waals surface area contributed by atoms with Crippen LogP contribution in [-0.2, 0) is 0 Å². The molecule has 18 heavy (non-hydrogen) atoms. The van der Waals surface area contributed by atoms with Crippen LogP contribution in [-0.4, -0.2) is 46.0 Å². The van der Waals surface area contributed by atoms with E-state index in [2.05, 4.69) is 23.9 Å². The van der Waals surface area contributed by atoms with E-state index in [4.69, 9.17) is 5.21 Å². The van der Waals surface area contributed by atoms with Gasteiger partial charge in [-0.2, -0.15) is 0 Å². The summed E-state index contributed by atoms with van der Waals surface area (Å²) in [5.41, 5.74) is 0. The Balaban J connectivity index is 2.45. The number of nitrogens with zero attached hydrogens (tertiary/aromatic N) is 2. The van der Waals surface area contributed by atoms with Gasteiger partial charge in [-0.25, -0.2) is 4.31 Å². The minimum absolute atomic E-state index is 0.00211. The Labute approximate surface area is 109 Å². The van der Waals surface area contributed by atoms with Crippen molar-refractivity contribution in [2.24, 2.45) is 0 Å². The summed E-state index contributed by atoms with van der Waals surface area (Å²) in [6.45, 7) is 6.32. The molecule has 4 nitrogen and oxygen atoms in total. The number of rotatable bonds is 8. The van der Waals surface area contributed by atoms with Crippen molar-refractivity contribution >= 4 is 11.0 Å². The number of hydrogen-bond donors (Lipinski definition) is 2. The molecule has 0 radical (unpaired) electrons. The van der Waals surface area contributed by atoms with Crippen molar-refractivity contribution in [2.45, 2.75) is 18.6 Å². The smallest absolute Gasteiger partial charge is 0.162 e. The van der Waals surface area contributed by atoms with Crippen LogP contribution >= 0.6 is 11.0 Å². The maximum Gasteiger partial charge on any atom is 0.162 e. The fourth-order valence-corrected chi connectivity index (χ4v) is 2.77. The zero-order valence-electron chi connectivity index (χ0n) is 10.4. The summed E-state index contributed by atoms with van der Waals surface area (Å²) in [6.07, 6.45) is 2.08. The lowest BCUT2D eigenvalue weighted by molar-refractivity contribution is -0.0406. The van der Waals surface area contributed by atoms with Crippen LogP contribution in [0.1, 0.15) is 13.3 Å². The van der Waals surface area contributed by atoms with Gasteiger partial charge in [-0.1, -0.05) is 19.4 Å². The largest absolute Gasteiger partial charge is 0.314 e. The summed E-state index contributed by atoms with van der Waals surface area (Å²) < 4.78 is 28.8. The van der Waals surface area contributed by atoms with E-state index in [9.17, 15) is 7.77 Å². The Morgan fingerprint density at radius 2 is 2.33 bits per heavy atom. The van der Waals surface area contributed by atoms with Crippen LogP contribution in [0.2, 0.25) is 0 Å². The summed E-state index contributed by atoms with van der Waals surface area (Å²) in [5.74, 6) is 2.57. The van der Waals surface area contributed by atoms with Gasteiger partial charge in [0.05, 0.1) is 13.1 Å². The third kappa shape index (κ3) is 3.77. The maximum absolute atomic E-state index is 14.0. The molecule has 2 N–H and O–H groups in total. The van der Waals surface area contributed by atoms with Crippen molar-refractivity contribution in [3.05, 3.63) is 12.8 Å². The lowest BCUT2D eigenvalue weighted by atomic mass is 10.4. The van der Waals surface area contributed by atoms with E-state index < -0.39 is 16.2 Å². The van der Waals surface area contributed by atoms with Gasteiger partial charge in [0.1, 0.15) is 5.25 Å². The summed E-state index contributed by atoms with van der Waals surface area (Å²) in [4.78, 5) is 0. The van der Waals surface area contributed by atoms with E-state index in [-0.39, 0.29) is 19.6 Å². The molecular formula is C11H19F2N3OS. The lowest BCUT2D eigenvalue weighted by Gasteiger charge is -2.31. The SMILES string of the molecule is C=CN(O)CCN1C#CC(CNCCC)S1(F)F. The van der Waals surface area contributed by atoms with Gasteiger partial charge in [-0.15, -0.1) is 7.77 Å². The molecule has 0 saturated carbocycles. The summed E-state index contributed by atoms with van der Waals surface area (Å²) >= 11 is 0. The molecule has 7 heteroatoms. The highest BCUT2D eigenvalue weighted by Gasteiger charge is 2.42. The van der Waals surface area contributed by atoms with E-state index >= 15 is 0 Å². The Bertz CT molecular complexity index is 343. The molecule has 1 rings (SSSR count). The molecule has 0 aromatic heterocycles. The average molecular weight is 279 g/mol. The topological polar surface area (TPSA) is 38.7 Å². The Morgan fingerprint density at radius 1 is 1.61 bits per heavy atom. The predicted octanol–water partition coefficient (Wildman–Crippen LogP) is 1.95. The van der Waals surface area contributed by atoms with Crippen LogP contribution in [0, 0.1) is 12.0 Å². The highest BCUT2D eigenvalue weighted by Crippen LogP contribution is 2.60. The Hall–Kier alpha value is -0.970. The molecule has 0 amide bonds.